The minimum atomic E-state index is 0.369. The second-order valence-electron chi connectivity index (χ2n) is 4.37. The van der Waals surface area contributed by atoms with Crippen molar-refractivity contribution in [3.8, 4) is 5.75 Å². The number of hydrogen-bond donors (Lipinski definition) is 2. The molecule has 2 aromatic rings. The Labute approximate surface area is 88.9 Å². The molecule has 1 aromatic heterocycles. The van der Waals surface area contributed by atoms with Crippen LogP contribution in [0.2, 0.25) is 0 Å². The lowest BCUT2D eigenvalue weighted by Gasteiger charge is -1.98. The number of nitrogens with one attached hydrogen (secondary N) is 1. The van der Waals surface area contributed by atoms with Crippen molar-refractivity contribution < 1.29 is 5.11 Å². The van der Waals surface area contributed by atoms with Crippen LogP contribution >= 0.6 is 0 Å². The largest absolute Gasteiger partial charge is 0.508 e. The van der Waals surface area contributed by atoms with Gasteiger partial charge in [0, 0.05) is 16.6 Å². The Hall–Kier alpha value is -1.44. The van der Waals surface area contributed by atoms with Crippen molar-refractivity contribution in [1.82, 2.24) is 4.98 Å². The monoisotopic (exact) mass is 201 g/mol. The van der Waals surface area contributed by atoms with Crippen LogP contribution in [0.15, 0.2) is 18.2 Å². The molecule has 1 aliphatic carbocycles. The van der Waals surface area contributed by atoms with E-state index in [9.17, 15) is 5.11 Å². The van der Waals surface area contributed by atoms with Gasteiger partial charge < -0.3 is 10.1 Å². The van der Waals surface area contributed by atoms with Gasteiger partial charge in [-0.25, -0.2) is 0 Å². The van der Waals surface area contributed by atoms with Gasteiger partial charge in [0.25, 0.3) is 0 Å². The van der Waals surface area contributed by atoms with E-state index in [1.807, 2.05) is 12.1 Å². The molecule has 0 aliphatic heterocycles. The highest BCUT2D eigenvalue weighted by atomic mass is 16.3. The molecule has 0 saturated carbocycles. The van der Waals surface area contributed by atoms with Crippen LogP contribution < -0.4 is 0 Å². The van der Waals surface area contributed by atoms with Crippen LogP contribution in [0.25, 0.3) is 10.9 Å². The Morgan fingerprint density at radius 1 is 1.07 bits per heavy atom. The fraction of sp³-hybridized carbons (Fsp3) is 0.385. The molecule has 0 fully saturated rings. The van der Waals surface area contributed by atoms with Gasteiger partial charge in [0.1, 0.15) is 5.75 Å². The topological polar surface area (TPSA) is 36.0 Å². The van der Waals surface area contributed by atoms with Crippen molar-refractivity contribution in [2.24, 2.45) is 0 Å². The van der Waals surface area contributed by atoms with Crippen molar-refractivity contribution in [2.75, 3.05) is 0 Å². The average Bonchev–Trinajstić information content (AvgIpc) is 2.44. The molecule has 0 unspecified atom stereocenters. The van der Waals surface area contributed by atoms with E-state index in [-0.39, 0.29) is 0 Å². The zero-order valence-corrected chi connectivity index (χ0v) is 8.71. The van der Waals surface area contributed by atoms with Gasteiger partial charge >= 0.3 is 0 Å². The zero-order valence-electron chi connectivity index (χ0n) is 8.71. The lowest BCUT2D eigenvalue weighted by atomic mass is 10.1. The van der Waals surface area contributed by atoms with Gasteiger partial charge in [-0.1, -0.05) is 6.42 Å². The summed E-state index contributed by atoms with van der Waals surface area (Å²) in [5.74, 6) is 0.369. The van der Waals surface area contributed by atoms with E-state index in [4.69, 9.17) is 0 Å². The maximum Gasteiger partial charge on any atom is 0.116 e. The third kappa shape index (κ3) is 1.41. The first-order valence-corrected chi connectivity index (χ1v) is 5.67. The number of aromatic amines is 1. The average molecular weight is 201 g/mol. The van der Waals surface area contributed by atoms with Crippen LogP contribution in [-0.2, 0) is 12.8 Å². The van der Waals surface area contributed by atoms with E-state index >= 15 is 0 Å². The Morgan fingerprint density at radius 2 is 1.93 bits per heavy atom. The second kappa shape index (κ2) is 3.30. The highest BCUT2D eigenvalue weighted by Crippen LogP contribution is 2.30. The van der Waals surface area contributed by atoms with Gasteiger partial charge in [0.05, 0.1) is 0 Å². The molecule has 78 valence electrons. The van der Waals surface area contributed by atoms with Crippen molar-refractivity contribution in [3.63, 3.8) is 0 Å². The smallest absolute Gasteiger partial charge is 0.116 e. The number of aryl methyl sites for hydroxylation is 2. The molecule has 0 spiro atoms. The van der Waals surface area contributed by atoms with Crippen LogP contribution in [0, 0.1) is 0 Å². The van der Waals surface area contributed by atoms with Crippen molar-refractivity contribution in [2.45, 2.75) is 32.1 Å². The van der Waals surface area contributed by atoms with Crippen LogP contribution in [0.1, 0.15) is 30.5 Å². The first-order chi connectivity index (χ1) is 7.34. The number of rotatable bonds is 0. The molecule has 2 N–H and O–H groups in total. The first kappa shape index (κ1) is 8.84. The molecule has 0 radical (unpaired) electrons. The standard InChI is InChI=1S/C13H15NO/c15-9-6-7-13-11(8-9)10-4-2-1-3-5-12(10)14-13/h6-8,14-15H,1-5H2. The molecule has 0 amide bonds. The third-order valence-corrected chi connectivity index (χ3v) is 3.33. The molecular weight excluding hydrogens is 186 g/mol. The normalized spacial score (nSPS) is 16.3. The van der Waals surface area contributed by atoms with E-state index in [2.05, 4.69) is 4.98 Å². The Bertz CT molecular complexity index is 498. The maximum atomic E-state index is 9.51. The summed E-state index contributed by atoms with van der Waals surface area (Å²) in [5, 5.41) is 10.7. The Kier molecular flexibility index (Phi) is 1.94. The molecule has 1 heterocycles. The molecule has 1 aliphatic rings. The van der Waals surface area contributed by atoms with Crippen LogP contribution in [0.5, 0.6) is 5.75 Å². The van der Waals surface area contributed by atoms with Crippen molar-refractivity contribution >= 4 is 10.9 Å². The van der Waals surface area contributed by atoms with Gasteiger partial charge in [-0.2, -0.15) is 0 Å². The lowest BCUT2D eigenvalue weighted by molar-refractivity contribution is 0.476. The Morgan fingerprint density at radius 3 is 2.87 bits per heavy atom. The maximum absolute atomic E-state index is 9.51. The van der Waals surface area contributed by atoms with Gasteiger partial charge in [-0.05, 0) is 49.4 Å². The van der Waals surface area contributed by atoms with Crippen LogP contribution in [0.3, 0.4) is 0 Å². The summed E-state index contributed by atoms with van der Waals surface area (Å²) >= 11 is 0. The molecule has 2 heteroatoms. The lowest BCUT2D eigenvalue weighted by Crippen LogP contribution is -1.86. The van der Waals surface area contributed by atoms with Crippen molar-refractivity contribution in [3.05, 3.63) is 29.5 Å². The number of phenolic OH excluding ortho intramolecular Hbond substituents is 1. The van der Waals surface area contributed by atoms with Crippen LogP contribution in [0.4, 0.5) is 0 Å². The van der Waals surface area contributed by atoms with Gasteiger partial charge in [0.2, 0.25) is 0 Å². The molecule has 0 saturated heterocycles. The molecule has 2 nitrogen and oxygen atoms in total. The summed E-state index contributed by atoms with van der Waals surface area (Å²) in [4.78, 5) is 3.47. The molecule has 3 rings (SSSR count). The Balaban J connectivity index is 2.24. The minimum absolute atomic E-state index is 0.369. The van der Waals surface area contributed by atoms with E-state index < -0.39 is 0 Å². The summed E-state index contributed by atoms with van der Waals surface area (Å²) in [7, 11) is 0. The predicted octanol–water partition coefficient (Wildman–Crippen LogP) is 3.14. The van der Waals surface area contributed by atoms with Crippen molar-refractivity contribution in [1.29, 1.82) is 0 Å². The van der Waals surface area contributed by atoms with E-state index in [1.165, 1.54) is 41.4 Å². The fourth-order valence-electron chi connectivity index (χ4n) is 2.57. The number of benzene rings is 1. The third-order valence-electron chi connectivity index (χ3n) is 3.33. The highest BCUT2D eigenvalue weighted by molar-refractivity contribution is 5.86. The van der Waals surface area contributed by atoms with Gasteiger partial charge in [0.15, 0.2) is 0 Å². The number of aromatic hydroxyl groups is 1. The van der Waals surface area contributed by atoms with E-state index in [0.29, 0.717) is 5.75 Å². The number of aromatic nitrogens is 1. The van der Waals surface area contributed by atoms with Gasteiger partial charge in [-0.3, -0.25) is 0 Å². The number of hydrogen-bond acceptors (Lipinski definition) is 1. The predicted molar refractivity (Wildman–Crippen MR) is 61.2 cm³/mol. The summed E-state index contributed by atoms with van der Waals surface area (Å²) in [5.41, 5.74) is 3.98. The summed E-state index contributed by atoms with van der Waals surface area (Å²) in [6, 6.07) is 5.60. The number of phenols is 1. The van der Waals surface area contributed by atoms with Crippen LogP contribution in [-0.4, -0.2) is 10.1 Å². The summed E-state index contributed by atoms with van der Waals surface area (Å²) in [6.07, 6.45) is 6.19. The fourth-order valence-corrected chi connectivity index (χ4v) is 2.57. The first-order valence-electron chi connectivity index (χ1n) is 5.67. The SMILES string of the molecule is Oc1ccc2[nH]c3c(c2c1)CCCCC3. The molecule has 0 atom stereocenters. The second-order valence-corrected chi connectivity index (χ2v) is 4.37. The summed E-state index contributed by atoms with van der Waals surface area (Å²) < 4.78 is 0. The molecule has 0 bridgehead atoms. The highest BCUT2D eigenvalue weighted by Gasteiger charge is 2.13. The minimum Gasteiger partial charge on any atom is -0.508 e. The molecule has 1 aromatic carbocycles. The zero-order chi connectivity index (χ0) is 10.3. The quantitative estimate of drug-likeness (QED) is 0.631. The van der Waals surface area contributed by atoms with E-state index in [1.54, 1.807) is 6.07 Å². The number of H-pyrrole nitrogens is 1. The van der Waals surface area contributed by atoms with E-state index in [0.717, 1.165) is 12.8 Å². The number of fused-ring (bicyclic) bond motifs is 3. The summed E-state index contributed by atoms with van der Waals surface area (Å²) in [6.45, 7) is 0. The molecule has 15 heavy (non-hydrogen) atoms. The molecular formula is C13H15NO. The van der Waals surface area contributed by atoms with Gasteiger partial charge in [-0.15, -0.1) is 0 Å².